The summed E-state index contributed by atoms with van der Waals surface area (Å²) in [4.78, 5) is 26.6. The van der Waals surface area contributed by atoms with E-state index in [2.05, 4.69) is 10.0 Å². The molecule has 2 saturated carbocycles. The molecular weight excluding hydrogens is 390 g/mol. The Morgan fingerprint density at radius 1 is 0.931 bits per heavy atom. The van der Waals surface area contributed by atoms with E-state index in [-0.39, 0.29) is 34.7 Å². The van der Waals surface area contributed by atoms with E-state index in [1.165, 1.54) is 0 Å². The molecule has 1 aliphatic heterocycles. The maximum absolute atomic E-state index is 12.3. The van der Waals surface area contributed by atoms with Crippen LogP contribution >= 0.6 is 0 Å². The maximum atomic E-state index is 12.3. The van der Waals surface area contributed by atoms with Crippen LogP contribution in [0.4, 0.5) is 0 Å². The van der Waals surface area contributed by atoms with Gasteiger partial charge in [0.1, 0.15) is 0 Å². The molecule has 1 heterocycles. The summed E-state index contributed by atoms with van der Waals surface area (Å²) in [5.41, 5.74) is 0.940. The normalized spacial score (nSPS) is 20.5. The predicted molar refractivity (Wildman–Crippen MR) is 109 cm³/mol. The van der Waals surface area contributed by atoms with Crippen molar-refractivity contribution in [2.75, 3.05) is 13.1 Å². The fraction of sp³-hybridized carbons (Fsp3) is 0.619. The number of amides is 2. The van der Waals surface area contributed by atoms with Gasteiger partial charge in [0.25, 0.3) is 0 Å². The summed E-state index contributed by atoms with van der Waals surface area (Å²) in [5, 5.41) is 3.07. The molecule has 0 spiro atoms. The summed E-state index contributed by atoms with van der Waals surface area (Å²) in [6.45, 7) is 1.45. The lowest BCUT2D eigenvalue weighted by Gasteiger charge is -2.32. The molecule has 0 unspecified atom stereocenters. The van der Waals surface area contributed by atoms with Crippen molar-refractivity contribution in [3.63, 3.8) is 0 Å². The molecule has 158 valence electrons. The van der Waals surface area contributed by atoms with Crippen LogP contribution in [0, 0.1) is 5.92 Å². The van der Waals surface area contributed by atoms with Crippen LogP contribution in [0.3, 0.4) is 0 Å². The van der Waals surface area contributed by atoms with Crippen LogP contribution in [0.1, 0.15) is 50.5 Å². The number of sulfonamides is 1. The second-order valence-electron chi connectivity index (χ2n) is 8.48. The number of nitrogens with zero attached hydrogens (tertiary/aromatic N) is 1. The first kappa shape index (κ1) is 20.3. The van der Waals surface area contributed by atoms with E-state index in [4.69, 9.17) is 0 Å². The van der Waals surface area contributed by atoms with Gasteiger partial charge in [-0.1, -0.05) is 12.1 Å². The van der Waals surface area contributed by atoms with E-state index >= 15 is 0 Å². The predicted octanol–water partition coefficient (Wildman–Crippen LogP) is 1.58. The van der Waals surface area contributed by atoms with Gasteiger partial charge < -0.3 is 10.2 Å². The van der Waals surface area contributed by atoms with Crippen LogP contribution in [0.15, 0.2) is 29.2 Å². The molecule has 2 N–H and O–H groups in total. The Bertz CT molecular complexity index is 852. The van der Waals surface area contributed by atoms with Crippen molar-refractivity contribution < 1.29 is 18.0 Å². The minimum absolute atomic E-state index is 0.00377. The average Bonchev–Trinajstić information content (AvgIpc) is 3.61. The van der Waals surface area contributed by atoms with E-state index in [9.17, 15) is 18.0 Å². The van der Waals surface area contributed by atoms with Gasteiger partial charge in [0.05, 0.1) is 4.90 Å². The fourth-order valence-corrected chi connectivity index (χ4v) is 5.02. The highest BCUT2D eigenvalue weighted by atomic mass is 32.2. The number of piperidine rings is 1. The van der Waals surface area contributed by atoms with Gasteiger partial charge in [0, 0.05) is 37.5 Å². The molecule has 1 aromatic carbocycles. The average molecular weight is 420 g/mol. The van der Waals surface area contributed by atoms with E-state index in [0.29, 0.717) is 12.8 Å². The summed E-state index contributed by atoms with van der Waals surface area (Å²) < 4.78 is 27.0. The first-order valence-corrected chi connectivity index (χ1v) is 12.1. The number of hydrogen-bond acceptors (Lipinski definition) is 4. The zero-order valence-electron chi connectivity index (χ0n) is 16.6. The van der Waals surface area contributed by atoms with Gasteiger partial charge in [-0.05, 0) is 62.6 Å². The van der Waals surface area contributed by atoms with Crippen molar-refractivity contribution in [3.05, 3.63) is 29.8 Å². The van der Waals surface area contributed by atoms with Gasteiger partial charge in [-0.2, -0.15) is 0 Å². The summed E-state index contributed by atoms with van der Waals surface area (Å²) in [6.07, 6.45) is 6.42. The highest BCUT2D eigenvalue weighted by Crippen LogP contribution is 2.31. The number of carbonyl (C=O) groups excluding carboxylic acids is 2. The van der Waals surface area contributed by atoms with E-state index in [0.717, 1.165) is 57.2 Å². The van der Waals surface area contributed by atoms with E-state index in [1.54, 1.807) is 24.3 Å². The molecule has 3 fully saturated rings. The first-order valence-electron chi connectivity index (χ1n) is 10.6. The standard InChI is InChI=1S/C21H29N3O4S/c25-20(22-17-11-13-24(14-12-17)21(26)16-4-5-16)10-3-15-1-8-19(9-2-15)29(27,28)23-18-6-7-18/h1-2,8-9,16-18,23H,3-7,10-14H2,(H,22,25). The van der Waals surface area contributed by atoms with E-state index < -0.39 is 10.0 Å². The Hall–Kier alpha value is -1.93. The van der Waals surface area contributed by atoms with Crippen LogP contribution in [0.25, 0.3) is 0 Å². The molecule has 29 heavy (non-hydrogen) atoms. The Morgan fingerprint density at radius 3 is 2.17 bits per heavy atom. The number of aryl methyl sites for hydroxylation is 1. The Labute approximate surface area is 172 Å². The molecule has 0 atom stereocenters. The van der Waals surface area contributed by atoms with Crippen molar-refractivity contribution in [2.45, 2.75) is 68.3 Å². The lowest BCUT2D eigenvalue weighted by Crippen LogP contribution is -2.47. The van der Waals surface area contributed by atoms with Crippen molar-refractivity contribution in [2.24, 2.45) is 5.92 Å². The molecular formula is C21H29N3O4S. The molecule has 0 bridgehead atoms. The number of rotatable bonds is 8. The smallest absolute Gasteiger partial charge is 0.240 e. The third kappa shape index (κ3) is 5.57. The van der Waals surface area contributed by atoms with Crippen LogP contribution < -0.4 is 10.0 Å². The maximum Gasteiger partial charge on any atom is 0.240 e. The van der Waals surface area contributed by atoms with Gasteiger partial charge in [0.15, 0.2) is 0 Å². The number of hydrogen-bond donors (Lipinski definition) is 2. The van der Waals surface area contributed by atoms with Gasteiger partial charge in [-0.3, -0.25) is 9.59 Å². The quantitative estimate of drug-likeness (QED) is 0.669. The molecule has 2 amide bonds. The van der Waals surface area contributed by atoms with Crippen LogP contribution in [0.2, 0.25) is 0 Å². The topological polar surface area (TPSA) is 95.6 Å². The third-order valence-electron chi connectivity index (χ3n) is 5.87. The van der Waals surface area contributed by atoms with Crippen LogP contribution in [0.5, 0.6) is 0 Å². The Balaban J connectivity index is 1.19. The molecule has 1 aromatic rings. The van der Waals surface area contributed by atoms with Gasteiger partial charge in [0.2, 0.25) is 21.8 Å². The van der Waals surface area contributed by atoms with Crippen molar-refractivity contribution in [3.8, 4) is 0 Å². The molecule has 2 aliphatic carbocycles. The molecule has 4 rings (SSSR count). The van der Waals surface area contributed by atoms with Crippen molar-refractivity contribution in [1.82, 2.24) is 14.9 Å². The Kier molecular flexibility index (Phi) is 5.92. The minimum atomic E-state index is -3.43. The monoisotopic (exact) mass is 419 g/mol. The zero-order chi connectivity index (χ0) is 20.4. The second kappa shape index (κ2) is 8.44. The summed E-state index contributed by atoms with van der Waals surface area (Å²) in [7, 11) is -3.43. The van der Waals surface area contributed by atoms with Gasteiger partial charge in [-0.25, -0.2) is 13.1 Å². The van der Waals surface area contributed by atoms with Crippen molar-refractivity contribution >= 4 is 21.8 Å². The molecule has 3 aliphatic rings. The molecule has 0 radical (unpaired) electrons. The van der Waals surface area contributed by atoms with Crippen LogP contribution in [-0.2, 0) is 26.0 Å². The fourth-order valence-electron chi connectivity index (χ4n) is 3.71. The third-order valence-corrected chi connectivity index (χ3v) is 7.41. The largest absolute Gasteiger partial charge is 0.353 e. The Morgan fingerprint density at radius 2 is 1.59 bits per heavy atom. The summed E-state index contributed by atoms with van der Waals surface area (Å²) >= 11 is 0. The van der Waals surface area contributed by atoms with Gasteiger partial charge in [-0.15, -0.1) is 0 Å². The first-order chi connectivity index (χ1) is 13.9. The lowest BCUT2D eigenvalue weighted by molar-refractivity contribution is -0.133. The SMILES string of the molecule is O=C(CCc1ccc(S(=O)(=O)NC2CC2)cc1)NC1CCN(C(=O)C2CC2)CC1. The number of nitrogens with one attached hydrogen (secondary N) is 2. The zero-order valence-corrected chi connectivity index (χ0v) is 17.4. The van der Waals surface area contributed by atoms with Gasteiger partial charge >= 0.3 is 0 Å². The summed E-state index contributed by atoms with van der Waals surface area (Å²) in [5.74, 6) is 0.545. The number of carbonyl (C=O) groups is 2. The minimum Gasteiger partial charge on any atom is -0.353 e. The second-order valence-corrected chi connectivity index (χ2v) is 10.2. The molecule has 1 saturated heterocycles. The lowest BCUT2D eigenvalue weighted by atomic mass is 10.0. The molecule has 8 heteroatoms. The van der Waals surface area contributed by atoms with Crippen LogP contribution in [-0.4, -0.2) is 50.3 Å². The molecule has 7 nitrogen and oxygen atoms in total. The highest BCUT2D eigenvalue weighted by molar-refractivity contribution is 7.89. The summed E-state index contributed by atoms with van der Waals surface area (Å²) in [6, 6.07) is 6.97. The number of benzene rings is 1. The van der Waals surface area contributed by atoms with E-state index in [1.807, 2.05) is 4.90 Å². The molecule has 0 aromatic heterocycles. The highest BCUT2D eigenvalue weighted by Gasteiger charge is 2.35. The number of likely N-dealkylation sites (tertiary alicyclic amines) is 1. The van der Waals surface area contributed by atoms with Crippen molar-refractivity contribution in [1.29, 1.82) is 0 Å².